The molecular weight excluding hydrogens is 318 g/mol. The molecule has 128 valence electrons. The summed E-state index contributed by atoms with van der Waals surface area (Å²) in [6.45, 7) is 5.30. The number of amides is 2. The lowest BCUT2D eigenvalue weighted by Crippen LogP contribution is -2.55. The summed E-state index contributed by atoms with van der Waals surface area (Å²) in [4.78, 5) is 23.0. The highest BCUT2D eigenvalue weighted by Crippen LogP contribution is 2.10. The molecular formula is C16H24ClN3O3. The first-order chi connectivity index (χ1) is 10.6. The Bertz CT molecular complexity index is 522. The summed E-state index contributed by atoms with van der Waals surface area (Å²) in [5.41, 5.74) is 1.88. The fourth-order valence-electron chi connectivity index (χ4n) is 2.43. The molecule has 0 aromatic heterocycles. The lowest BCUT2D eigenvalue weighted by molar-refractivity contribution is -0.128. The van der Waals surface area contributed by atoms with Crippen molar-refractivity contribution in [2.45, 2.75) is 32.4 Å². The number of carbonyl (C=O) groups excluding carboxylic acids is 2. The topological polar surface area (TPSA) is 79.5 Å². The summed E-state index contributed by atoms with van der Waals surface area (Å²) in [6.07, 6.45) is 0.638. The SMILES string of the molecule is CC(=O)Nc1ccc(CCNC(=O)[C@H]2NCCO[C@@H]2C)cc1.Cl. The number of morpholine rings is 1. The Morgan fingerprint density at radius 3 is 2.61 bits per heavy atom. The number of nitrogens with one attached hydrogen (secondary N) is 3. The van der Waals surface area contributed by atoms with Gasteiger partial charge in [-0.1, -0.05) is 12.1 Å². The first-order valence-corrected chi connectivity index (χ1v) is 7.55. The van der Waals surface area contributed by atoms with Gasteiger partial charge in [-0.2, -0.15) is 0 Å². The van der Waals surface area contributed by atoms with Crippen LogP contribution in [0.4, 0.5) is 5.69 Å². The smallest absolute Gasteiger partial charge is 0.239 e. The van der Waals surface area contributed by atoms with Crippen LogP contribution in [0.5, 0.6) is 0 Å². The number of halogens is 1. The van der Waals surface area contributed by atoms with Gasteiger partial charge in [0.1, 0.15) is 6.04 Å². The molecule has 0 aliphatic carbocycles. The summed E-state index contributed by atoms with van der Waals surface area (Å²) in [5, 5.41) is 8.82. The van der Waals surface area contributed by atoms with Gasteiger partial charge in [0.25, 0.3) is 0 Å². The van der Waals surface area contributed by atoms with E-state index in [1.165, 1.54) is 6.92 Å². The number of hydrogen-bond acceptors (Lipinski definition) is 4. The minimum atomic E-state index is -0.282. The monoisotopic (exact) mass is 341 g/mol. The Labute approximate surface area is 142 Å². The molecule has 0 unspecified atom stereocenters. The second-order valence-electron chi connectivity index (χ2n) is 5.43. The Morgan fingerprint density at radius 1 is 1.30 bits per heavy atom. The third-order valence-corrected chi connectivity index (χ3v) is 3.59. The molecule has 7 heteroatoms. The zero-order chi connectivity index (χ0) is 15.9. The highest BCUT2D eigenvalue weighted by molar-refractivity contribution is 5.88. The minimum Gasteiger partial charge on any atom is -0.375 e. The zero-order valence-electron chi connectivity index (χ0n) is 13.4. The molecule has 1 heterocycles. The summed E-state index contributed by atoms with van der Waals surface area (Å²) in [7, 11) is 0. The molecule has 0 bridgehead atoms. The molecule has 23 heavy (non-hydrogen) atoms. The molecule has 2 amide bonds. The van der Waals surface area contributed by atoms with Crippen LogP contribution < -0.4 is 16.0 Å². The van der Waals surface area contributed by atoms with Gasteiger partial charge in [0, 0.05) is 25.7 Å². The van der Waals surface area contributed by atoms with Crippen molar-refractivity contribution in [3.63, 3.8) is 0 Å². The number of ether oxygens (including phenoxy) is 1. The molecule has 3 N–H and O–H groups in total. The van der Waals surface area contributed by atoms with Crippen molar-refractivity contribution in [1.82, 2.24) is 10.6 Å². The maximum absolute atomic E-state index is 12.1. The largest absolute Gasteiger partial charge is 0.375 e. The Hall–Kier alpha value is -1.63. The first-order valence-electron chi connectivity index (χ1n) is 7.55. The average molecular weight is 342 g/mol. The van der Waals surface area contributed by atoms with Crippen molar-refractivity contribution in [3.05, 3.63) is 29.8 Å². The summed E-state index contributed by atoms with van der Waals surface area (Å²) in [5.74, 6) is -0.113. The lowest BCUT2D eigenvalue weighted by Gasteiger charge is -2.29. The van der Waals surface area contributed by atoms with Crippen LogP contribution in [0.25, 0.3) is 0 Å². The number of anilines is 1. The Morgan fingerprint density at radius 2 is 2.00 bits per heavy atom. The van der Waals surface area contributed by atoms with E-state index < -0.39 is 0 Å². The van der Waals surface area contributed by atoms with E-state index in [0.717, 1.165) is 17.7 Å². The second-order valence-corrected chi connectivity index (χ2v) is 5.43. The minimum absolute atomic E-state index is 0. The Kier molecular flexibility index (Phi) is 8.02. The quantitative estimate of drug-likeness (QED) is 0.749. The van der Waals surface area contributed by atoms with Crippen LogP contribution in [0.1, 0.15) is 19.4 Å². The van der Waals surface area contributed by atoms with E-state index in [4.69, 9.17) is 4.74 Å². The van der Waals surface area contributed by atoms with Gasteiger partial charge in [0.2, 0.25) is 11.8 Å². The zero-order valence-corrected chi connectivity index (χ0v) is 14.2. The number of carbonyl (C=O) groups is 2. The van der Waals surface area contributed by atoms with Crippen LogP contribution >= 0.6 is 12.4 Å². The summed E-state index contributed by atoms with van der Waals surface area (Å²) in [6, 6.07) is 7.33. The van der Waals surface area contributed by atoms with E-state index in [9.17, 15) is 9.59 Å². The molecule has 2 atom stereocenters. The highest BCUT2D eigenvalue weighted by Gasteiger charge is 2.27. The second kappa shape index (κ2) is 9.50. The third-order valence-electron chi connectivity index (χ3n) is 3.59. The molecule has 1 aromatic rings. The van der Waals surface area contributed by atoms with E-state index in [1.807, 2.05) is 31.2 Å². The van der Waals surface area contributed by atoms with Crippen molar-refractivity contribution in [3.8, 4) is 0 Å². The van der Waals surface area contributed by atoms with Crippen molar-refractivity contribution < 1.29 is 14.3 Å². The van der Waals surface area contributed by atoms with Gasteiger partial charge < -0.3 is 20.7 Å². The number of hydrogen-bond donors (Lipinski definition) is 3. The van der Waals surface area contributed by atoms with Crippen LogP contribution in [0.2, 0.25) is 0 Å². The number of rotatable bonds is 5. The van der Waals surface area contributed by atoms with Gasteiger partial charge in [-0.05, 0) is 31.0 Å². The number of benzene rings is 1. The van der Waals surface area contributed by atoms with Crippen LogP contribution in [-0.4, -0.2) is 43.7 Å². The summed E-state index contributed by atoms with van der Waals surface area (Å²) >= 11 is 0. The van der Waals surface area contributed by atoms with E-state index >= 15 is 0 Å². The van der Waals surface area contributed by atoms with Gasteiger partial charge in [-0.3, -0.25) is 9.59 Å². The van der Waals surface area contributed by atoms with Crippen molar-refractivity contribution in [2.24, 2.45) is 0 Å². The van der Waals surface area contributed by atoms with Gasteiger partial charge in [0.15, 0.2) is 0 Å². The standard InChI is InChI=1S/C16H23N3O3.ClH/c1-11-15(17-9-10-22-11)16(21)18-8-7-13-3-5-14(6-4-13)19-12(2)20;/h3-6,11,15,17H,7-10H2,1-2H3,(H,18,21)(H,19,20);1H/t11-,15+;/m1./s1. The van der Waals surface area contributed by atoms with E-state index in [-0.39, 0.29) is 36.4 Å². The molecule has 2 rings (SSSR count). The maximum atomic E-state index is 12.1. The molecule has 0 saturated carbocycles. The average Bonchev–Trinajstić information content (AvgIpc) is 2.49. The lowest BCUT2D eigenvalue weighted by atomic mass is 10.1. The summed E-state index contributed by atoms with van der Waals surface area (Å²) < 4.78 is 5.46. The fraction of sp³-hybridized carbons (Fsp3) is 0.500. The maximum Gasteiger partial charge on any atom is 0.239 e. The molecule has 1 aliphatic heterocycles. The van der Waals surface area contributed by atoms with E-state index in [1.54, 1.807) is 0 Å². The first kappa shape index (κ1) is 19.4. The van der Waals surface area contributed by atoms with Crippen molar-refractivity contribution in [2.75, 3.05) is 25.0 Å². The van der Waals surface area contributed by atoms with Crippen LogP contribution in [-0.2, 0) is 20.7 Å². The van der Waals surface area contributed by atoms with Gasteiger partial charge in [-0.25, -0.2) is 0 Å². The third kappa shape index (κ3) is 6.17. The predicted molar refractivity (Wildman–Crippen MR) is 91.9 cm³/mol. The fourth-order valence-corrected chi connectivity index (χ4v) is 2.43. The molecule has 1 fully saturated rings. The van der Waals surface area contributed by atoms with Crippen molar-refractivity contribution in [1.29, 1.82) is 0 Å². The molecule has 1 aromatic carbocycles. The van der Waals surface area contributed by atoms with Gasteiger partial charge in [-0.15, -0.1) is 12.4 Å². The molecule has 1 saturated heterocycles. The van der Waals surface area contributed by atoms with Crippen LogP contribution in [0, 0.1) is 0 Å². The molecule has 6 nitrogen and oxygen atoms in total. The molecule has 0 spiro atoms. The predicted octanol–water partition coefficient (Wildman–Crippen LogP) is 1.10. The van der Waals surface area contributed by atoms with E-state index in [2.05, 4.69) is 16.0 Å². The van der Waals surface area contributed by atoms with E-state index in [0.29, 0.717) is 19.7 Å². The normalized spacial score (nSPS) is 20.3. The van der Waals surface area contributed by atoms with Gasteiger partial charge in [0.05, 0.1) is 12.7 Å². The molecule has 1 aliphatic rings. The Balaban J connectivity index is 0.00000264. The van der Waals surface area contributed by atoms with Gasteiger partial charge >= 0.3 is 0 Å². The van der Waals surface area contributed by atoms with Crippen LogP contribution in [0.15, 0.2) is 24.3 Å². The van der Waals surface area contributed by atoms with Crippen LogP contribution in [0.3, 0.4) is 0 Å². The highest BCUT2D eigenvalue weighted by atomic mass is 35.5. The molecule has 0 radical (unpaired) electrons. The van der Waals surface area contributed by atoms with Crippen molar-refractivity contribution >= 4 is 29.9 Å².